The number of methoxy groups -OCH3 is 1. The average Bonchev–Trinajstić information content (AvgIpc) is 2.85. The first-order valence-electron chi connectivity index (χ1n) is 5.10. The van der Waals surface area contributed by atoms with E-state index >= 15 is 0 Å². The lowest BCUT2D eigenvalue weighted by Gasteiger charge is -2.06. The second-order valence-corrected chi connectivity index (χ2v) is 3.69. The molecule has 2 heterocycles. The lowest BCUT2D eigenvalue weighted by atomic mass is 10.2. The average molecular weight is 268 g/mol. The van der Waals surface area contributed by atoms with Crippen LogP contribution in [0.25, 0.3) is 0 Å². The number of rotatable bonds is 4. The molecule has 2 aromatic heterocycles. The second-order valence-electron chi connectivity index (χ2n) is 3.33. The van der Waals surface area contributed by atoms with Crippen molar-refractivity contribution in [2.45, 2.75) is 6.61 Å². The van der Waals surface area contributed by atoms with E-state index in [1.54, 1.807) is 18.3 Å². The largest absolute Gasteiger partial charge is 0.482 e. The van der Waals surface area contributed by atoms with Crippen molar-refractivity contribution in [3.05, 3.63) is 47.1 Å². The summed E-state index contributed by atoms with van der Waals surface area (Å²) in [5.41, 5.74) is 0.331. The molecule has 0 aliphatic heterocycles. The molecule has 2 rings (SSSR count). The highest BCUT2D eigenvalue weighted by Gasteiger charge is 2.15. The molecule has 6 heteroatoms. The predicted molar refractivity (Wildman–Crippen MR) is 63.6 cm³/mol. The van der Waals surface area contributed by atoms with E-state index in [-0.39, 0.29) is 11.8 Å². The Hall–Kier alpha value is -2.01. The summed E-state index contributed by atoms with van der Waals surface area (Å²) < 4.78 is 15.2. The molecule has 94 valence electrons. The predicted octanol–water partition coefficient (Wildman–Crippen LogP) is 2.69. The fourth-order valence-electron chi connectivity index (χ4n) is 1.37. The van der Waals surface area contributed by atoms with Gasteiger partial charge in [0.25, 0.3) is 0 Å². The van der Waals surface area contributed by atoms with E-state index in [0.717, 1.165) is 0 Å². The van der Waals surface area contributed by atoms with Gasteiger partial charge in [-0.2, -0.15) is 0 Å². The van der Waals surface area contributed by atoms with Gasteiger partial charge < -0.3 is 13.9 Å². The molecule has 0 spiro atoms. The summed E-state index contributed by atoms with van der Waals surface area (Å²) in [5.74, 6) is 0.327. The van der Waals surface area contributed by atoms with Crippen molar-refractivity contribution in [1.29, 1.82) is 0 Å². The number of halogens is 1. The molecule has 0 unspecified atom stereocenters. The van der Waals surface area contributed by atoms with Crippen LogP contribution in [-0.2, 0) is 11.3 Å². The normalized spacial score (nSPS) is 10.1. The van der Waals surface area contributed by atoms with Crippen LogP contribution < -0.4 is 4.74 Å². The lowest BCUT2D eigenvalue weighted by Crippen LogP contribution is -2.05. The minimum atomic E-state index is -0.473. The third kappa shape index (κ3) is 2.62. The smallest absolute Gasteiger partial charge is 0.341 e. The van der Waals surface area contributed by atoms with Gasteiger partial charge in [0.05, 0.1) is 13.4 Å². The molecule has 18 heavy (non-hydrogen) atoms. The van der Waals surface area contributed by atoms with Gasteiger partial charge in [0.2, 0.25) is 0 Å². The number of esters is 1. The monoisotopic (exact) mass is 267 g/mol. The van der Waals surface area contributed by atoms with Crippen LogP contribution in [0.3, 0.4) is 0 Å². The Labute approximate surface area is 108 Å². The summed E-state index contributed by atoms with van der Waals surface area (Å²) in [5, 5.41) is 0.253. The zero-order valence-electron chi connectivity index (χ0n) is 9.55. The molecule has 0 bridgehead atoms. The van der Waals surface area contributed by atoms with Crippen LogP contribution in [0.15, 0.2) is 35.1 Å². The molecule has 0 saturated carbocycles. The van der Waals surface area contributed by atoms with Crippen molar-refractivity contribution in [1.82, 2.24) is 4.98 Å². The summed E-state index contributed by atoms with van der Waals surface area (Å²) in [7, 11) is 1.30. The third-order valence-corrected chi connectivity index (χ3v) is 2.52. The van der Waals surface area contributed by atoms with Crippen LogP contribution in [0.4, 0.5) is 0 Å². The Bertz CT molecular complexity index is 553. The molecule has 0 atom stereocenters. The lowest BCUT2D eigenvalue weighted by molar-refractivity contribution is 0.0595. The molecule has 0 amide bonds. The molecule has 0 aliphatic carbocycles. The maximum absolute atomic E-state index is 11.4. The molecule has 5 nitrogen and oxygen atoms in total. The van der Waals surface area contributed by atoms with Gasteiger partial charge in [-0.25, -0.2) is 9.78 Å². The number of nitrogens with zero attached hydrogens (tertiary/aromatic N) is 1. The minimum absolute atomic E-state index is 0.0723. The number of ether oxygens (including phenoxy) is 2. The van der Waals surface area contributed by atoms with Gasteiger partial charge >= 0.3 is 5.97 Å². The second kappa shape index (κ2) is 5.55. The standard InChI is InChI=1S/C12H10ClNO4/c1-16-12(15)8-4-6-17-10(8)7-18-9-3-2-5-14-11(9)13/h2-6H,7H2,1H3. The Morgan fingerprint density at radius 3 is 3.06 bits per heavy atom. The molecule has 0 radical (unpaired) electrons. The number of pyridine rings is 1. The van der Waals surface area contributed by atoms with Gasteiger partial charge in [-0.05, 0) is 18.2 Å². The molecule has 0 aliphatic rings. The van der Waals surface area contributed by atoms with Crippen molar-refractivity contribution in [2.24, 2.45) is 0 Å². The van der Waals surface area contributed by atoms with Gasteiger partial charge in [-0.3, -0.25) is 0 Å². The van der Waals surface area contributed by atoms with E-state index in [1.807, 2.05) is 0 Å². The molecule has 0 fully saturated rings. The van der Waals surface area contributed by atoms with Crippen molar-refractivity contribution in [3.63, 3.8) is 0 Å². The number of carbonyl (C=O) groups excluding carboxylic acids is 1. The van der Waals surface area contributed by atoms with Gasteiger partial charge in [0.1, 0.15) is 12.2 Å². The first-order valence-corrected chi connectivity index (χ1v) is 5.48. The van der Waals surface area contributed by atoms with Gasteiger partial charge in [-0.15, -0.1) is 0 Å². The van der Waals surface area contributed by atoms with E-state index in [2.05, 4.69) is 9.72 Å². The number of hydrogen-bond donors (Lipinski definition) is 0. The van der Waals surface area contributed by atoms with Crippen LogP contribution in [0.1, 0.15) is 16.1 Å². The summed E-state index contributed by atoms with van der Waals surface area (Å²) in [6.45, 7) is 0.0723. The van der Waals surface area contributed by atoms with Gasteiger partial charge in [-0.1, -0.05) is 11.6 Å². The fraction of sp³-hybridized carbons (Fsp3) is 0.167. The van der Waals surface area contributed by atoms with Crippen LogP contribution >= 0.6 is 11.6 Å². The summed E-state index contributed by atoms with van der Waals surface area (Å²) >= 11 is 5.84. The minimum Gasteiger partial charge on any atom is -0.482 e. The van der Waals surface area contributed by atoms with E-state index in [4.69, 9.17) is 20.8 Å². The number of furan rings is 1. The van der Waals surface area contributed by atoms with Crippen LogP contribution in [-0.4, -0.2) is 18.1 Å². The Balaban J connectivity index is 2.09. The maximum atomic E-state index is 11.4. The quantitative estimate of drug-likeness (QED) is 0.629. The Morgan fingerprint density at radius 1 is 1.50 bits per heavy atom. The molecule has 0 N–H and O–H groups in total. The van der Waals surface area contributed by atoms with Crippen molar-refractivity contribution < 1.29 is 18.7 Å². The zero-order valence-corrected chi connectivity index (χ0v) is 10.3. The molecular weight excluding hydrogens is 258 g/mol. The van der Waals surface area contributed by atoms with E-state index in [0.29, 0.717) is 17.1 Å². The van der Waals surface area contributed by atoms with Crippen LogP contribution in [0.2, 0.25) is 5.15 Å². The molecule has 2 aromatic rings. The Kier molecular flexibility index (Phi) is 3.84. The summed E-state index contributed by atoms with van der Waals surface area (Å²) in [4.78, 5) is 15.3. The molecular formula is C12H10ClNO4. The van der Waals surface area contributed by atoms with Crippen LogP contribution in [0.5, 0.6) is 5.75 Å². The van der Waals surface area contributed by atoms with Crippen molar-refractivity contribution in [2.75, 3.05) is 7.11 Å². The highest BCUT2D eigenvalue weighted by atomic mass is 35.5. The maximum Gasteiger partial charge on any atom is 0.341 e. The Morgan fingerprint density at radius 2 is 2.33 bits per heavy atom. The SMILES string of the molecule is COC(=O)c1ccoc1COc1cccnc1Cl. The third-order valence-electron chi connectivity index (χ3n) is 2.23. The topological polar surface area (TPSA) is 61.6 Å². The molecule has 0 saturated heterocycles. The first-order chi connectivity index (χ1) is 8.72. The van der Waals surface area contributed by atoms with E-state index < -0.39 is 5.97 Å². The van der Waals surface area contributed by atoms with Crippen molar-refractivity contribution in [3.8, 4) is 5.75 Å². The van der Waals surface area contributed by atoms with E-state index in [1.165, 1.54) is 19.4 Å². The first kappa shape index (κ1) is 12.4. The number of hydrogen-bond acceptors (Lipinski definition) is 5. The summed E-state index contributed by atoms with van der Waals surface area (Å²) in [6.07, 6.45) is 2.96. The fourth-order valence-corrected chi connectivity index (χ4v) is 1.54. The zero-order chi connectivity index (χ0) is 13.0. The highest BCUT2D eigenvalue weighted by Crippen LogP contribution is 2.22. The van der Waals surface area contributed by atoms with E-state index in [9.17, 15) is 4.79 Å². The molecule has 0 aromatic carbocycles. The summed E-state index contributed by atoms with van der Waals surface area (Å²) in [6, 6.07) is 4.90. The van der Waals surface area contributed by atoms with Gasteiger partial charge in [0, 0.05) is 6.20 Å². The number of carbonyl (C=O) groups is 1. The number of aromatic nitrogens is 1. The van der Waals surface area contributed by atoms with Crippen LogP contribution in [0, 0.1) is 0 Å². The highest BCUT2D eigenvalue weighted by molar-refractivity contribution is 6.30. The van der Waals surface area contributed by atoms with Crippen molar-refractivity contribution >= 4 is 17.6 Å². The van der Waals surface area contributed by atoms with Gasteiger partial charge in [0.15, 0.2) is 16.7 Å².